The lowest BCUT2D eigenvalue weighted by Gasteiger charge is -2.44. The van der Waals surface area contributed by atoms with Crippen molar-refractivity contribution in [2.75, 3.05) is 9.80 Å². The fourth-order valence-electron chi connectivity index (χ4n) is 20.1. The van der Waals surface area contributed by atoms with Gasteiger partial charge in [-0.05, 0) is 201 Å². The molecule has 0 N–H and O–H groups in total. The maximum atomic E-state index is 2.73. The minimum Gasteiger partial charge on any atom is -0.310 e. The van der Waals surface area contributed by atoms with E-state index < -0.39 is 0 Å². The van der Waals surface area contributed by atoms with Crippen LogP contribution in [0.1, 0.15) is 158 Å². The first kappa shape index (κ1) is 77.6. The number of anilines is 6. The van der Waals surface area contributed by atoms with Crippen LogP contribution in [0.3, 0.4) is 0 Å². The molecule has 0 fully saturated rings. The predicted molar refractivity (Wildman–Crippen MR) is 529 cm³/mol. The van der Waals surface area contributed by atoms with Gasteiger partial charge in [0.05, 0.1) is 33.4 Å². The molecular formula is C114H104B2N4S2. The number of nitrogens with zero attached hydrogens (tertiary/aromatic N) is 4. The van der Waals surface area contributed by atoms with Gasteiger partial charge in [-0.2, -0.15) is 0 Å². The molecule has 0 atom stereocenters. The summed E-state index contributed by atoms with van der Waals surface area (Å²) >= 11 is 3.95. The van der Waals surface area contributed by atoms with Crippen molar-refractivity contribution in [2.45, 2.75) is 177 Å². The molecule has 0 unspecified atom stereocenters. The van der Waals surface area contributed by atoms with E-state index in [2.05, 4.69) is 447 Å². The van der Waals surface area contributed by atoms with E-state index in [1.807, 2.05) is 23.5 Å². The van der Waals surface area contributed by atoms with Gasteiger partial charge in [-0.25, -0.2) is 0 Å². The fourth-order valence-corrected chi connectivity index (χ4v) is 22.6. The molecular weight excluding hydrogens is 1510 g/mol. The van der Waals surface area contributed by atoms with Crippen molar-refractivity contribution >= 4 is 147 Å². The molecule has 0 aliphatic carbocycles. The summed E-state index contributed by atoms with van der Waals surface area (Å²) < 4.78 is 5.22. The van der Waals surface area contributed by atoms with E-state index in [0.717, 1.165) is 22.7 Å². The van der Waals surface area contributed by atoms with Gasteiger partial charge < -0.3 is 18.9 Å². The van der Waals surface area contributed by atoms with Crippen LogP contribution in [0.5, 0.6) is 0 Å². The third kappa shape index (κ3) is 12.6. The van der Waals surface area contributed by atoms with Gasteiger partial charge >= 0.3 is 0 Å². The summed E-state index contributed by atoms with van der Waals surface area (Å²) in [6.07, 6.45) is 0. The van der Waals surface area contributed by atoms with E-state index in [4.69, 9.17) is 0 Å². The molecule has 6 heterocycles. The second kappa shape index (κ2) is 27.9. The van der Waals surface area contributed by atoms with Crippen LogP contribution in [0.25, 0.3) is 99.5 Å². The topological polar surface area (TPSA) is 16.3 Å². The molecule has 4 aliphatic rings. The van der Waals surface area contributed by atoms with Crippen molar-refractivity contribution in [3.63, 3.8) is 0 Å². The number of hydrogen-bond donors (Lipinski definition) is 0. The lowest BCUT2D eigenvalue weighted by Crippen LogP contribution is -2.63. The Balaban J connectivity index is 0.873. The summed E-state index contributed by atoms with van der Waals surface area (Å²) in [5, 5.41) is 5.09. The highest BCUT2D eigenvalue weighted by atomic mass is 32.2. The molecule has 8 heteroatoms. The SMILES string of the molecule is CC(C)(C)c1ccc2c(c1)N(c1c(-c3ccccc3)cccc1-c1ccccc1)c1cc(-n3c4ccc(C(C)(C)C)cc4c4cc(C(C)(C)C)ccc43)cc3c1B2c1cc2c(cc1S3)Sc1cc(-n3c4ccc(C(C)(C)C)cc4c4cc(C(C)(C)C)ccc43)cc3c1B2c1ccc(C(C)(C)C)cc1N3c1c(-c2ccccc2)cccc1-c1ccccc1. The van der Waals surface area contributed by atoms with Crippen molar-refractivity contribution in [1.29, 1.82) is 0 Å². The van der Waals surface area contributed by atoms with Crippen molar-refractivity contribution in [3.8, 4) is 55.9 Å². The van der Waals surface area contributed by atoms with Crippen molar-refractivity contribution in [2.24, 2.45) is 0 Å². The molecule has 0 saturated carbocycles. The molecule has 2 aromatic heterocycles. The Morgan fingerprint density at radius 1 is 0.221 bits per heavy atom. The highest BCUT2D eigenvalue weighted by Gasteiger charge is 2.48. The Hall–Kier alpha value is -11.7. The number of aromatic nitrogens is 2. The quantitative estimate of drug-likeness (QED) is 0.141. The van der Waals surface area contributed by atoms with Gasteiger partial charge in [0.1, 0.15) is 0 Å². The molecule has 17 aromatic rings. The second-order valence-electron chi connectivity index (χ2n) is 40.9. The van der Waals surface area contributed by atoms with E-state index in [-0.39, 0.29) is 45.9 Å². The van der Waals surface area contributed by atoms with Gasteiger partial charge in [0, 0.05) is 97.5 Å². The van der Waals surface area contributed by atoms with Gasteiger partial charge in [0.25, 0.3) is 0 Å². The summed E-state index contributed by atoms with van der Waals surface area (Å²) in [6, 6.07) is 119. The molecule has 0 amide bonds. The summed E-state index contributed by atoms with van der Waals surface area (Å²) in [7, 11) is 0. The number of hydrogen-bond acceptors (Lipinski definition) is 4. The fraction of sp³-hybridized carbons (Fsp3) is 0.211. The van der Waals surface area contributed by atoms with E-state index in [0.29, 0.717) is 0 Å². The smallest absolute Gasteiger partial charge is 0.249 e. The zero-order chi connectivity index (χ0) is 84.3. The van der Waals surface area contributed by atoms with Gasteiger partial charge in [-0.15, -0.1) is 0 Å². The van der Waals surface area contributed by atoms with Crippen LogP contribution in [-0.2, 0) is 32.5 Å². The Labute approximate surface area is 730 Å². The average Bonchev–Trinajstić information content (AvgIpc) is 0.831. The molecule has 0 saturated heterocycles. The molecule has 0 bridgehead atoms. The zero-order valence-electron chi connectivity index (χ0n) is 73.6. The first-order valence-electron chi connectivity index (χ1n) is 43.8. The monoisotopic (exact) mass is 1610 g/mol. The van der Waals surface area contributed by atoms with Crippen LogP contribution in [0.4, 0.5) is 34.1 Å². The van der Waals surface area contributed by atoms with E-state index in [9.17, 15) is 0 Å². The van der Waals surface area contributed by atoms with Gasteiger partial charge in [-0.3, -0.25) is 0 Å². The normalized spacial score (nSPS) is 13.9. The summed E-state index contributed by atoms with van der Waals surface area (Å²) in [5.41, 5.74) is 38.7. The van der Waals surface area contributed by atoms with Crippen LogP contribution in [-0.4, -0.2) is 22.6 Å². The zero-order valence-corrected chi connectivity index (χ0v) is 75.3. The molecule has 4 aliphatic heterocycles. The molecule has 0 radical (unpaired) electrons. The predicted octanol–water partition coefficient (Wildman–Crippen LogP) is 27.9. The number of rotatable bonds is 8. The average molecular weight is 1620 g/mol. The van der Waals surface area contributed by atoms with Crippen LogP contribution in [0.15, 0.2) is 323 Å². The lowest BCUT2D eigenvalue weighted by molar-refractivity contribution is 0.590. The van der Waals surface area contributed by atoms with Crippen LogP contribution in [0.2, 0.25) is 0 Å². The Morgan fingerprint density at radius 2 is 0.492 bits per heavy atom. The summed E-state index contributed by atoms with van der Waals surface area (Å²) in [6.45, 7) is 42.1. The van der Waals surface area contributed by atoms with Crippen LogP contribution < -0.4 is 42.6 Å². The molecule has 15 aromatic carbocycles. The summed E-state index contributed by atoms with van der Waals surface area (Å²) in [5.74, 6) is 0. The molecule has 4 nitrogen and oxygen atoms in total. The van der Waals surface area contributed by atoms with Gasteiger partial charge in [0.2, 0.25) is 13.4 Å². The molecule has 122 heavy (non-hydrogen) atoms. The summed E-state index contributed by atoms with van der Waals surface area (Å²) in [4.78, 5) is 10.6. The standard InChI is InChI=1S/C114H104B2N4S2/c1-109(2,3)73-47-53-93-85(57-73)86-58-74(110(4,5)6)48-54-94(86)117(93)79-63-99-105-103(65-79)121-101-68-102-92(67-91(101)115(105)89-51-45-77(113(13,14)15)61-97(89)119(99)107-81(69-33-23-19-24-34-69)41-31-42-82(107)70-35-25-20-26-36-70)116-90-52-46-78(114(16,17)18)62-98(90)120(108-83(71-37-27-21-28-38-71)43-32-44-84(108)72-39-29-22-30-40-72)100-64-80(66-104(122-102)106(100)116)118-95-55-49-75(111(7,8)9)59-87(95)88-60-76(112(10,11)12)50-56-96(88)118/h19-68H,1-18H3. The molecule has 598 valence electrons. The maximum absolute atomic E-state index is 2.73. The minimum atomic E-state index is -0.191. The number of benzene rings is 15. The maximum Gasteiger partial charge on any atom is 0.249 e. The van der Waals surface area contributed by atoms with E-state index >= 15 is 0 Å². The highest BCUT2D eigenvalue weighted by Crippen LogP contribution is 2.55. The minimum absolute atomic E-state index is 0.0659. The molecule has 21 rings (SSSR count). The Morgan fingerprint density at radius 3 is 0.770 bits per heavy atom. The number of para-hydroxylation sites is 2. The first-order chi connectivity index (χ1) is 58.3. The van der Waals surface area contributed by atoms with Crippen LogP contribution in [0, 0.1) is 0 Å². The van der Waals surface area contributed by atoms with E-state index in [1.54, 1.807) is 0 Å². The lowest BCUT2D eigenvalue weighted by atomic mass is 9.31. The third-order valence-electron chi connectivity index (χ3n) is 26.7. The number of fused-ring (bicyclic) bond motifs is 14. The highest BCUT2D eigenvalue weighted by molar-refractivity contribution is 8.01. The van der Waals surface area contributed by atoms with Gasteiger partial charge in [0.15, 0.2) is 0 Å². The second-order valence-corrected chi connectivity index (χ2v) is 43.1. The van der Waals surface area contributed by atoms with Crippen molar-refractivity contribution in [1.82, 2.24) is 9.13 Å². The first-order valence-corrected chi connectivity index (χ1v) is 45.4. The van der Waals surface area contributed by atoms with Crippen molar-refractivity contribution < 1.29 is 0 Å². The Kier molecular flexibility index (Phi) is 17.8. The van der Waals surface area contributed by atoms with Crippen LogP contribution >= 0.6 is 23.5 Å². The molecule has 0 spiro atoms. The van der Waals surface area contributed by atoms with Gasteiger partial charge in [-0.1, -0.05) is 371 Å². The third-order valence-corrected chi connectivity index (χ3v) is 29.0. The Bertz CT molecular complexity index is 6510. The largest absolute Gasteiger partial charge is 0.310 e. The van der Waals surface area contributed by atoms with Crippen molar-refractivity contribution in [3.05, 3.63) is 337 Å². The van der Waals surface area contributed by atoms with E-state index in [1.165, 1.54) is 197 Å².